The molecule has 0 saturated carbocycles. The average Bonchev–Trinajstić information content (AvgIpc) is 3.12. The lowest BCUT2D eigenvalue weighted by molar-refractivity contribution is -0.179. The van der Waals surface area contributed by atoms with Crippen LogP contribution in [0.1, 0.15) is 87.9 Å². The maximum Gasteiger partial charge on any atom is 0.348 e. The summed E-state index contributed by atoms with van der Waals surface area (Å²) in [5, 5.41) is 0. The molecule has 3 aromatic carbocycles. The third-order valence-corrected chi connectivity index (χ3v) is 7.70. The number of carbonyl (C=O) groups excluding carboxylic acids is 5. The van der Waals surface area contributed by atoms with E-state index in [0.717, 1.165) is 42.6 Å². The summed E-state index contributed by atoms with van der Waals surface area (Å²) >= 11 is 0. The van der Waals surface area contributed by atoms with Gasteiger partial charge in [0, 0.05) is 0 Å². The number of esters is 5. The van der Waals surface area contributed by atoms with Crippen molar-refractivity contribution in [2.45, 2.75) is 85.5 Å². The number of benzene rings is 3. The third kappa shape index (κ3) is 12.4. The molecule has 0 amide bonds. The molecule has 0 aliphatic carbocycles. The van der Waals surface area contributed by atoms with Crippen LogP contribution in [0.15, 0.2) is 72.8 Å². The summed E-state index contributed by atoms with van der Waals surface area (Å²) in [5.74, 6) is -2.91. The summed E-state index contributed by atoms with van der Waals surface area (Å²) in [6, 6.07) is 20.4. The predicted molar refractivity (Wildman–Crippen MR) is 185 cm³/mol. The Morgan fingerprint density at radius 2 is 1.04 bits per heavy atom. The molecule has 4 unspecified atom stereocenters. The van der Waals surface area contributed by atoms with Gasteiger partial charge in [0.05, 0.1) is 24.3 Å². The van der Waals surface area contributed by atoms with Crippen LogP contribution in [0.2, 0.25) is 0 Å². The van der Waals surface area contributed by atoms with E-state index in [-0.39, 0.29) is 23.8 Å². The van der Waals surface area contributed by atoms with E-state index in [4.69, 9.17) is 28.4 Å². The zero-order valence-corrected chi connectivity index (χ0v) is 29.5. The highest BCUT2D eigenvalue weighted by atomic mass is 16.6. The van der Waals surface area contributed by atoms with Crippen molar-refractivity contribution in [1.82, 2.24) is 0 Å². The Kier molecular flexibility index (Phi) is 15.5. The molecule has 0 saturated heterocycles. The standard InChI is InChI=1S/C39H46O11/c1-7-9-10-23-45-33-19-15-30(16-20-33)29-11-13-31(14-12-29)39(44)50-34-21-17-32(18-22-34)38(43)49-28(6)37(42)48-27(5)36(41)47-26(4)35(40)46-24-25(3)8-2/h11-22,25-28H,7-10,23-24H2,1-6H3. The zero-order chi connectivity index (χ0) is 36.6. The molecule has 3 aromatic rings. The normalized spacial score (nSPS) is 13.2. The van der Waals surface area contributed by atoms with Gasteiger partial charge in [-0.05, 0) is 92.8 Å². The maximum atomic E-state index is 12.7. The SMILES string of the molecule is CCCCCOc1ccc(-c2ccc(C(=O)Oc3ccc(C(=O)OC(C)C(=O)OC(C)C(=O)OC(C)C(=O)OCC(C)CC)cc3)cc2)cc1. The molecule has 0 fully saturated rings. The number of unbranched alkanes of at least 4 members (excludes halogenated alkanes) is 2. The van der Waals surface area contributed by atoms with Crippen LogP contribution in [0.5, 0.6) is 11.5 Å². The average molecular weight is 691 g/mol. The van der Waals surface area contributed by atoms with Crippen LogP contribution < -0.4 is 9.47 Å². The Morgan fingerprint density at radius 3 is 1.60 bits per heavy atom. The Balaban J connectivity index is 1.45. The van der Waals surface area contributed by atoms with E-state index in [1.165, 1.54) is 45.0 Å². The second-order valence-corrected chi connectivity index (χ2v) is 11.9. The highest BCUT2D eigenvalue weighted by Crippen LogP contribution is 2.24. The Labute approximate surface area is 293 Å². The number of ether oxygens (including phenoxy) is 6. The van der Waals surface area contributed by atoms with E-state index in [0.29, 0.717) is 12.2 Å². The smallest absolute Gasteiger partial charge is 0.348 e. The summed E-state index contributed by atoms with van der Waals surface area (Å²) in [6.45, 7) is 10.8. The van der Waals surface area contributed by atoms with Gasteiger partial charge in [0.2, 0.25) is 0 Å². The van der Waals surface area contributed by atoms with E-state index >= 15 is 0 Å². The summed E-state index contributed by atoms with van der Waals surface area (Å²) in [6.07, 6.45) is 0.191. The maximum absolute atomic E-state index is 12.7. The van der Waals surface area contributed by atoms with Gasteiger partial charge in [0.25, 0.3) is 0 Å². The van der Waals surface area contributed by atoms with Gasteiger partial charge in [-0.2, -0.15) is 0 Å². The van der Waals surface area contributed by atoms with Crippen molar-refractivity contribution >= 4 is 29.8 Å². The monoisotopic (exact) mass is 690 g/mol. The van der Waals surface area contributed by atoms with Gasteiger partial charge < -0.3 is 28.4 Å². The first-order chi connectivity index (χ1) is 23.9. The quantitative estimate of drug-likeness (QED) is 0.0582. The van der Waals surface area contributed by atoms with Crippen molar-refractivity contribution in [3.05, 3.63) is 83.9 Å². The number of carbonyl (C=O) groups is 5. The largest absolute Gasteiger partial charge is 0.494 e. The van der Waals surface area contributed by atoms with Gasteiger partial charge in [-0.3, -0.25) is 0 Å². The van der Waals surface area contributed by atoms with Crippen molar-refractivity contribution in [3.8, 4) is 22.6 Å². The van der Waals surface area contributed by atoms with Crippen LogP contribution in [0.25, 0.3) is 11.1 Å². The molecule has 0 radical (unpaired) electrons. The molecule has 0 spiro atoms. The topological polar surface area (TPSA) is 141 Å². The van der Waals surface area contributed by atoms with Crippen LogP contribution in [0.4, 0.5) is 0 Å². The Hall–Kier alpha value is -5.19. The second-order valence-electron chi connectivity index (χ2n) is 11.9. The second kappa shape index (κ2) is 19.7. The first-order valence-corrected chi connectivity index (χ1v) is 16.9. The summed E-state index contributed by atoms with van der Waals surface area (Å²) in [7, 11) is 0. The zero-order valence-electron chi connectivity index (χ0n) is 29.5. The third-order valence-electron chi connectivity index (χ3n) is 7.70. The van der Waals surface area contributed by atoms with Gasteiger partial charge >= 0.3 is 29.8 Å². The molecular weight excluding hydrogens is 644 g/mol. The lowest BCUT2D eigenvalue weighted by Gasteiger charge is -2.19. The molecule has 11 heteroatoms. The molecule has 0 heterocycles. The molecule has 268 valence electrons. The molecule has 3 rings (SSSR count). The van der Waals surface area contributed by atoms with Crippen molar-refractivity contribution in [1.29, 1.82) is 0 Å². The van der Waals surface area contributed by atoms with Crippen molar-refractivity contribution in [3.63, 3.8) is 0 Å². The van der Waals surface area contributed by atoms with Crippen LogP contribution in [0.3, 0.4) is 0 Å². The predicted octanol–water partition coefficient (Wildman–Crippen LogP) is 7.14. The van der Waals surface area contributed by atoms with E-state index in [1.807, 2.05) is 50.2 Å². The van der Waals surface area contributed by atoms with Crippen molar-refractivity contribution in [2.75, 3.05) is 13.2 Å². The molecule has 0 aliphatic heterocycles. The lowest BCUT2D eigenvalue weighted by atomic mass is 10.0. The van der Waals surface area contributed by atoms with Crippen LogP contribution in [-0.2, 0) is 33.3 Å². The fraction of sp³-hybridized carbons (Fsp3) is 0.410. The number of rotatable bonds is 18. The number of hydrogen-bond acceptors (Lipinski definition) is 11. The molecule has 0 aliphatic rings. The minimum atomic E-state index is -1.37. The van der Waals surface area contributed by atoms with E-state index < -0.39 is 48.2 Å². The van der Waals surface area contributed by atoms with Crippen LogP contribution >= 0.6 is 0 Å². The first-order valence-electron chi connectivity index (χ1n) is 16.9. The van der Waals surface area contributed by atoms with Gasteiger partial charge in [0.15, 0.2) is 18.3 Å². The van der Waals surface area contributed by atoms with Gasteiger partial charge in [0.1, 0.15) is 11.5 Å². The summed E-state index contributed by atoms with van der Waals surface area (Å²) in [5.41, 5.74) is 2.34. The van der Waals surface area contributed by atoms with Gasteiger partial charge in [-0.25, -0.2) is 24.0 Å². The minimum absolute atomic E-state index is 0.0865. The van der Waals surface area contributed by atoms with Crippen molar-refractivity contribution in [2.24, 2.45) is 5.92 Å². The summed E-state index contributed by atoms with van der Waals surface area (Å²) in [4.78, 5) is 62.2. The highest BCUT2D eigenvalue weighted by Gasteiger charge is 2.29. The lowest BCUT2D eigenvalue weighted by Crippen LogP contribution is -2.36. The Morgan fingerprint density at radius 1 is 0.560 bits per heavy atom. The molecule has 0 N–H and O–H groups in total. The molecule has 0 aromatic heterocycles. The van der Waals surface area contributed by atoms with Gasteiger partial charge in [-0.15, -0.1) is 0 Å². The first kappa shape index (κ1) is 39.3. The fourth-order valence-corrected chi connectivity index (χ4v) is 4.28. The van der Waals surface area contributed by atoms with Crippen LogP contribution in [0, 0.1) is 5.92 Å². The summed E-state index contributed by atoms with van der Waals surface area (Å²) < 4.78 is 31.6. The fourth-order valence-electron chi connectivity index (χ4n) is 4.28. The van der Waals surface area contributed by atoms with E-state index in [2.05, 4.69) is 6.92 Å². The van der Waals surface area contributed by atoms with E-state index in [9.17, 15) is 24.0 Å². The molecule has 11 nitrogen and oxygen atoms in total. The highest BCUT2D eigenvalue weighted by molar-refractivity contribution is 5.93. The molecule has 0 bridgehead atoms. The number of hydrogen-bond donors (Lipinski definition) is 0. The van der Waals surface area contributed by atoms with Crippen molar-refractivity contribution < 1.29 is 52.4 Å². The van der Waals surface area contributed by atoms with Crippen LogP contribution in [-0.4, -0.2) is 61.4 Å². The van der Waals surface area contributed by atoms with Gasteiger partial charge in [-0.1, -0.05) is 64.3 Å². The Bertz CT molecular complexity index is 1560. The minimum Gasteiger partial charge on any atom is -0.494 e. The van der Waals surface area contributed by atoms with E-state index in [1.54, 1.807) is 12.1 Å². The molecular formula is C39H46O11. The molecule has 4 atom stereocenters. The molecule has 50 heavy (non-hydrogen) atoms.